The zero-order valence-corrected chi connectivity index (χ0v) is 12.0. The van der Waals surface area contributed by atoms with E-state index in [1.807, 2.05) is 11.5 Å². The summed E-state index contributed by atoms with van der Waals surface area (Å²) in [7, 11) is 0. The fourth-order valence-corrected chi connectivity index (χ4v) is 2.47. The van der Waals surface area contributed by atoms with Gasteiger partial charge in [0.1, 0.15) is 0 Å². The quantitative estimate of drug-likeness (QED) is 0.818. The molecule has 6 nitrogen and oxygen atoms in total. The van der Waals surface area contributed by atoms with Crippen LogP contribution in [0.5, 0.6) is 5.75 Å². The van der Waals surface area contributed by atoms with Crippen molar-refractivity contribution in [2.45, 2.75) is 33.0 Å². The highest BCUT2D eigenvalue weighted by atomic mass is 16.5. The number of hydrogen-bond acceptors (Lipinski definition) is 5. The molecule has 0 bridgehead atoms. The molecule has 1 atom stereocenters. The van der Waals surface area contributed by atoms with Crippen molar-refractivity contribution in [3.05, 3.63) is 27.7 Å². The Balaban J connectivity index is 2.34. The van der Waals surface area contributed by atoms with E-state index in [-0.39, 0.29) is 11.2 Å². The van der Waals surface area contributed by atoms with Crippen LogP contribution in [0.1, 0.15) is 18.3 Å². The number of aryl methyl sites for hydroxylation is 1. The Morgan fingerprint density at radius 2 is 2.05 bits per heavy atom. The highest BCUT2D eigenvalue weighted by molar-refractivity contribution is 5.30. The molecule has 2 heterocycles. The van der Waals surface area contributed by atoms with Gasteiger partial charge in [0.05, 0.1) is 25.0 Å². The van der Waals surface area contributed by atoms with Crippen molar-refractivity contribution < 1.29 is 14.9 Å². The van der Waals surface area contributed by atoms with Crippen LogP contribution in [0.25, 0.3) is 0 Å². The second-order valence-corrected chi connectivity index (χ2v) is 5.29. The number of pyridine rings is 1. The van der Waals surface area contributed by atoms with Crippen molar-refractivity contribution in [2.75, 3.05) is 26.3 Å². The van der Waals surface area contributed by atoms with Gasteiger partial charge in [-0.05, 0) is 13.8 Å². The number of aliphatic hydroxyl groups is 1. The van der Waals surface area contributed by atoms with E-state index < -0.39 is 6.10 Å². The third kappa shape index (κ3) is 3.39. The smallest absolute Gasteiger partial charge is 0.223 e. The van der Waals surface area contributed by atoms with E-state index in [9.17, 15) is 15.0 Å². The van der Waals surface area contributed by atoms with Crippen LogP contribution < -0.4 is 5.43 Å². The summed E-state index contributed by atoms with van der Waals surface area (Å²) >= 11 is 0. The van der Waals surface area contributed by atoms with E-state index in [0.29, 0.717) is 32.0 Å². The first-order valence-electron chi connectivity index (χ1n) is 6.89. The standard InChI is InChI=1S/C14H22N2O4/c1-10-7-13(18)14(19)12(16(10)8-11(2)17)9-15-3-5-20-6-4-15/h7,11,17,19H,3-6,8-9H2,1-2H3. The average Bonchev–Trinajstić information content (AvgIpc) is 2.41. The molecular weight excluding hydrogens is 260 g/mol. The molecule has 2 N–H and O–H groups in total. The first-order valence-corrected chi connectivity index (χ1v) is 6.89. The van der Waals surface area contributed by atoms with E-state index in [2.05, 4.69) is 4.90 Å². The molecule has 6 heteroatoms. The normalized spacial score (nSPS) is 18.1. The van der Waals surface area contributed by atoms with Gasteiger partial charge in [-0.3, -0.25) is 9.69 Å². The lowest BCUT2D eigenvalue weighted by atomic mass is 10.2. The molecule has 2 rings (SSSR count). The molecule has 20 heavy (non-hydrogen) atoms. The predicted molar refractivity (Wildman–Crippen MR) is 74.9 cm³/mol. The number of aliphatic hydroxyl groups excluding tert-OH is 1. The van der Waals surface area contributed by atoms with Crippen molar-refractivity contribution >= 4 is 0 Å². The summed E-state index contributed by atoms with van der Waals surface area (Å²) in [5, 5.41) is 19.7. The Morgan fingerprint density at radius 3 is 2.65 bits per heavy atom. The summed E-state index contributed by atoms with van der Waals surface area (Å²) in [5.41, 5.74) is 0.947. The summed E-state index contributed by atoms with van der Waals surface area (Å²) in [6.07, 6.45) is -0.543. The summed E-state index contributed by atoms with van der Waals surface area (Å²) in [6.45, 7) is 7.21. The minimum Gasteiger partial charge on any atom is -0.503 e. The second-order valence-electron chi connectivity index (χ2n) is 5.29. The van der Waals surface area contributed by atoms with Crippen LogP contribution in [-0.4, -0.2) is 52.1 Å². The third-order valence-electron chi connectivity index (χ3n) is 3.52. The van der Waals surface area contributed by atoms with Crippen LogP contribution in [0.2, 0.25) is 0 Å². The lowest BCUT2D eigenvalue weighted by molar-refractivity contribution is 0.0323. The van der Waals surface area contributed by atoms with Crippen LogP contribution in [-0.2, 0) is 17.8 Å². The number of nitrogens with zero attached hydrogens (tertiary/aromatic N) is 2. The molecule has 0 aromatic carbocycles. The number of ether oxygens (including phenoxy) is 1. The van der Waals surface area contributed by atoms with Gasteiger partial charge in [-0.25, -0.2) is 0 Å². The van der Waals surface area contributed by atoms with Crippen molar-refractivity contribution in [2.24, 2.45) is 0 Å². The summed E-state index contributed by atoms with van der Waals surface area (Å²) in [4.78, 5) is 13.9. The van der Waals surface area contributed by atoms with E-state index in [1.54, 1.807) is 6.92 Å². The Kier molecular flexibility index (Phi) is 4.80. The van der Waals surface area contributed by atoms with Gasteiger partial charge < -0.3 is 19.5 Å². The molecule has 0 saturated carbocycles. The molecule has 0 amide bonds. The molecule has 1 saturated heterocycles. The SMILES string of the molecule is Cc1cc(=O)c(O)c(CN2CCOCC2)n1CC(C)O. The van der Waals surface area contributed by atoms with E-state index in [0.717, 1.165) is 18.8 Å². The lowest BCUT2D eigenvalue weighted by Gasteiger charge is -2.29. The Labute approximate surface area is 118 Å². The van der Waals surface area contributed by atoms with Gasteiger partial charge in [-0.2, -0.15) is 0 Å². The Bertz CT molecular complexity index is 519. The third-order valence-corrected chi connectivity index (χ3v) is 3.52. The highest BCUT2D eigenvalue weighted by Crippen LogP contribution is 2.18. The second kappa shape index (κ2) is 6.39. The molecule has 1 aliphatic heterocycles. The number of aromatic hydroxyl groups is 1. The van der Waals surface area contributed by atoms with Crippen molar-refractivity contribution in [3.63, 3.8) is 0 Å². The molecule has 1 unspecified atom stereocenters. The predicted octanol–water partition coefficient (Wildman–Crippen LogP) is 0.0753. The van der Waals surface area contributed by atoms with Crippen LogP contribution >= 0.6 is 0 Å². The van der Waals surface area contributed by atoms with Gasteiger partial charge in [-0.1, -0.05) is 0 Å². The maximum absolute atomic E-state index is 11.8. The lowest BCUT2D eigenvalue weighted by Crippen LogP contribution is -2.37. The molecular formula is C14H22N2O4. The van der Waals surface area contributed by atoms with Gasteiger partial charge >= 0.3 is 0 Å². The molecule has 0 radical (unpaired) electrons. The molecule has 1 aromatic heterocycles. The minimum absolute atomic E-state index is 0.220. The van der Waals surface area contributed by atoms with E-state index in [4.69, 9.17) is 4.74 Å². The first kappa shape index (κ1) is 15.0. The molecule has 112 valence electrons. The maximum Gasteiger partial charge on any atom is 0.223 e. The van der Waals surface area contributed by atoms with Crippen LogP contribution in [0, 0.1) is 6.92 Å². The zero-order chi connectivity index (χ0) is 14.7. The van der Waals surface area contributed by atoms with E-state index >= 15 is 0 Å². The van der Waals surface area contributed by atoms with Crippen molar-refractivity contribution in [1.29, 1.82) is 0 Å². The van der Waals surface area contributed by atoms with Crippen molar-refractivity contribution in [1.82, 2.24) is 9.47 Å². The molecule has 1 aliphatic rings. The van der Waals surface area contributed by atoms with Gasteiger partial charge in [0.2, 0.25) is 5.43 Å². The van der Waals surface area contributed by atoms with Gasteiger partial charge in [0, 0.05) is 37.9 Å². The van der Waals surface area contributed by atoms with E-state index in [1.165, 1.54) is 6.07 Å². The van der Waals surface area contributed by atoms with Gasteiger partial charge in [-0.15, -0.1) is 0 Å². The average molecular weight is 282 g/mol. The monoisotopic (exact) mass is 282 g/mol. The summed E-state index contributed by atoms with van der Waals surface area (Å²) in [6, 6.07) is 1.40. The molecule has 0 spiro atoms. The molecule has 1 aromatic rings. The van der Waals surface area contributed by atoms with Crippen molar-refractivity contribution in [3.8, 4) is 5.75 Å². The number of hydrogen-bond donors (Lipinski definition) is 2. The Morgan fingerprint density at radius 1 is 1.40 bits per heavy atom. The number of aromatic nitrogens is 1. The topological polar surface area (TPSA) is 74.9 Å². The summed E-state index contributed by atoms with van der Waals surface area (Å²) < 4.78 is 7.11. The van der Waals surface area contributed by atoms with Crippen LogP contribution in [0.15, 0.2) is 10.9 Å². The highest BCUT2D eigenvalue weighted by Gasteiger charge is 2.19. The van der Waals surface area contributed by atoms with Gasteiger partial charge in [0.15, 0.2) is 5.75 Å². The maximum atomic E-state index is 11.8. The fraction of sp³-hybridized carbons (Fsp3) is 0.643. The zero-order valence-electron chi connectivity index (χ0n) is 12.0. The minimum atomic E-state index is -0.543. The van der Waals surface area contributed by atoms with Gasteiger partial charge in [0.25, 0.3) is 0 Å². The fourth-order valence-electron chi connectivity index (χ4n) is 2.47. The first-order chi connectivity index (χ1) is 9.49. The Hall–Kier alpha value is -1.37. The van der Waals surface area contributed by atoms with Crippen LogP contribution in [0.3, 0.4) is 0 Å². The largest absolute Gasteiger partial charge is 0.503 e. The van der Waals surface area contributed by atoms with Crippen LogP contribution in [0.4, 0.5) is 0 Å². The molecule has 1 fully saturated rings. The number of rotatable bonds is 4. The number of morpholine rings is 1. The summed E-state index contributed by atoms with van der Waals surface area (Å²) in [5.74, 6) is -0.220. The molecule has 0 aliphatic carbocycles.